The summed E-state index contributed by atoms with van der Waals surface area (Å²) in [6.07, 6.45) is 0.524. The van der Waals surface area contributed by atoms with Crippen LogP contribution in [0.3, 0.4) is 0 Å². The lowest BCUT2D eigenvalue weighted by atomic mass is 9.79. The summed E-state index contributed by atoms with van der Waals surface area (Å²) in [4.78, 5) is 17.0. The second-order valence-corrected chi connectivity index (χ2v) is 9.60. The first kappa shape index (κ1) is 19.6. The van der Waals surface area contributed by atoms with Gasteiger partial charge in [0.15, 0.2) is 0 Å². The van der Waals surface area contributed by atoms with Crippen LogP contribution in [-0.2, 0) is 9.31 Å². The molecule has 2 aliphatic rings. The number of fused-ring (bicyclic) bond motifs is 1. The van der Waals surface area contributed by atoms with E-state index in [0.717, 1.165) is 9.71 Å². The maximum absolute atomic E-state index is 14.8. The van der Waals surface area contributed by atoms with Crippen LogP contribution < -0.4 is 5.46 Å². The third-order valence-corrected chi connectivity index (χ3v) is 7.29. The second kappa shape index (κ2) is 6.67. The highest BCUT2D eigenvalue weighted by Crippen LogP contribution is 2.38. The smallest absolute Gasteiger partial charge is 0.465 e. The summed E-state index contributed by atoms with van der Waals surface area (Å²) >= 11 is 1.47. The molecule has 0 aliphatic carbocycles. The number of carboxylic acid groups (broad SMARTS) is 1. The van der Waals surface area contributed by atoms with Crippen molar-refractivity contribution < 1.29 is 23.6 Å². The summed E-state index contributed by atoms with van der Waals surface area (Å²) < 4.78 is 27.6. The molecule has 0 atom stereocenters. The topological polar surface area (TPSA) is 71.9 Å². The Labute approximate surface area is 167 Å². The van der Waals surface area contributed by atoms with Crippen LogP contribution in [0.5, 0.6) is 0 Å². The minimum absolute atomic E-state index is 0.160. The van der Waals surface area contributed by atoms with Gasteiger partial charge in [-0.1, -0.05) is 0 Å². The molecule has 4 rings (SSSR count). The molecule has 1 aromatic carbocycles. The number of likely N-dealkylation sites (tertiary alicyclic amines) is 1. The molecule has 1 aromatic heterocycles. The fourth-order valence-corrected chi connectivity index (χ4v) is 4.83. The number of amides is 1. The Morgan fingerprint density at radius 2 is 1.86 bits per heavy atom. The fraction of sp³-hybridized carbons (Fsp3) is 0.579. The predicted molar refractivity (Wildman–Crippen MR) is 107 cm³/mol. The Kier molecular flexibility index (Phi) is 4.67. The first-order chi connectivity index (χ1) is 13.1. The van der Waals surface area contributed by atoms with E-state index in [-0.39, 0.29) is 11.7 Å². The van der Waals surface area contributed by atoms with Crippen LogP contribution in [0.2, 0.25) is 0 Å². The summed E-state index contributed by atoms with van der Waals surface area (Å²) in [7, 11) is -0.617. The predicted octanol–water partition coefficient (Wildman–Crippen LogP) is 3.59. The van der Waals surface area contributed by atoms with E-state index in [1.807, 2.05) is 33.8 Å². The van der Waals surface area contributed by atoms with E-state index in [1.54, 1.807) is 0 Å². The first-order valence-electron chi connectivity index (χ1n) is 9.51. The molecular weight excluding hydrogens is 382 g/mol. The monoisotopic (exact) mass is 406 g/mol. The van der Waals surface area contributed by atoms with Gasteiger partial charge < -0.3 is 19.3 Å². The van der Waals surface area contributed by atoms with E-state index in [0.29, 0.717) is 36.9 Å². The first-order valence-corrected chi connectivity index (χ1v) is 10.3. The molecule has 0 saturated carbocycles. The van der Waals surface area contributed by atoms with E-state index in [1.165, 1.54) is 22.3 Å². The number of hydrogen-bond donors (Lipinski definition) is 1. The van der Waals surface area contributed by atoms with Crippen molar-refractivity contribution in [3.05, 3.63) is 23.0 Å². The Hall–Kier alpha value is -1.71. The van der Waals surface area contributed by atoms with Gasteiger partial charge in [0.05, 0.1) is 20.9 Å². The Morgan fingerprint density at radius 3 is 2.43 bits per heavy atom. The average Bonchev–Trinajstić information content (AvgIpc) is 3.14. The zero-order chi connectivity index (χ0) is 20.3. The maximum atomic E-state index is 14.8. The van der Waals surface area contributed by atoms with Gasteiger partial charge in [0.25, 0.3) is 0 Å². The number of piperidine rings is 1. The van der Waals surface area contributed by atoms with E-state index in [2.05, 4.69) is 4.98 Å². The fourth-order valence-electron chi connectivity index (χ4n) is 3.63. The van der Waals surface area contributed by atoms with Crippen LogP contribution in [0.4, 0.5) is 9.18 Å². The Balaban J connectivity index is 1.60. The van der Waals surface area contributed by atoms with Crippen molar-refractivity contribution >= 4 is 40.2 Å². The van der Waals surface area contributed by atoms with Gasteiger partial charge in [0, 0.05) is 19.0 Å². The van der Waals surface area contributed by atoms with Crippen molar-refractivity contribution in [1.82, 2.24) is 9.88 Å². The number of carbonyl (C=O) groups is 1. The molecule has 2 aliphatic heterocycles. The van der Waals surface area contributed by atoms with Crippen LogP contribution in [-0.4, -0.2) is 52.5 Å². The largest absolute Gasteiger partial charge is 0.494 e. The van der Waals surface area contributed by atoms with Gasteiger partial charge in [0.1, 0.15) is 11.3 Å². The minimum atomic E-state index is -0.888. The minimum Gasteiger partial charge on any atom is -0.465 e. The Morgan fingerprint density at radius 1 is 1.25 bits per heavy atom. The highest BCUT2D eigenvalue weighted by molar-refractivity contribution is 7.18. The molecule has 1 amide bonds. The second-order valence-electron chi connectivity index (χ2n) is 8.53. The van der Waals surface area contributed by atoms with Gasteiger partial charge in [-0.25, -0.2) is 14.2 Å². The summed E-state index contributed by atoms with van der Waals surface area (Å²) in [5.74, 6) is -0.222. The molecule has 1 N–H and O–H groups in total. The molecule has 0 radical (unpaired) electrons. The molecule has 28 heavy (non-hydrogen) atoms. The number of benzene rings is 1. The molecule has 2 aromatic rings. The number of halogens is 1. The van der Waals surface area contributed by atoms with Gasteiger partial charge >= 0.3 is 13.2 Å². The lowest BCUT2D eigenvalue weighted by Crippen LogP contribution is -2.41. The van der Waals surface area contributed by atoms with Gasteiger partial charge in [-0.05, 0) is 58.1 Å². The third kappa shape index (κ3) is 3.29. The number of nitrogens with zero attached hydrogens (tertiary/aromatic N) is 2. The standard InChI is InChI=1S/C19H24BFN2O4S/c1-18(2)19(3,4)27-20(26-18)12-9-13(21)15-14(10-12)28-16(22-15)11-5-7-23(8-6-11)17(24)25/h9-11H,5-8H2,1-4H3,(H,24,25). The highest BCUT2D eigenvalue weighted by Gasteiger charge is 2.51. The molecule has 3 heterocycles. The van der Waals surface area contributed by atoms with E-state index in [4.69, 9.17) is 14.4 Å². The van der Waals surface area contributed by atoms with Crippen LogP contribution in [0.25, 0.3) is 10.2 Å². The van der Waals surface area contributed by atoms with Crippen LogP contribution in [0.15, 0.2) is 12.1 Å². The molecule has 150 valence electrons. The van der Waals surface area contributed by atoms with Crippen molar-refractivity contribution in [3.8, 4) is 0 Å². The quantitative estimate of drug-likeness (QED) is 0.772. The Bertz CT molecular complexity index is 908. The van der Waals surface area contributed by atoms with Gasteiger partial charge in [0.2, 0.25) is 0 Å². The van der Waals surface area contributed by atoms with Crippen molar-refractivity contribution in [2.24, 2.45) is 0 Å². The van der Waals surface area contributed by atoms with Crippen LogP contribution >= 0.6 is 11.3 Å². The number of hydrogen-bond acceptors (Lipinski definition) is 5. The molecule has 0 unspecified atom stereocenters. The molecule has 2 fully saturated rings. The summed E-state index contributed by atoms with van der Waals surface area (Å²) in [6, 6.07) is 3.34. The molecule has 0 spiro atoms. The van der Waals surface area contributed by atoms with Crippen molar-refractivity contribution in [1.29, 1.82) is 0 Å². The van der Waals surface area contributed by atoms with Gasteiger partial charge in [-0.3, -0.25) is 0 Å². The van der Waals surface area contributed by atoms with Crippen LogP contribution in [0.1, 0.15) is 51.5 Å². The lowest BCUT2D eigenvalue weighted by molar-refractivity contribution is 0.00578. The van der Waals surface area contributed by atoms with Crippen molar-refractivity contribution in [2.45, 2.75) is 57.7 Å². The zero-order valence-corrected chi connectivity index (χ0v) is 17.3. The SMILES string of the molecule is CC1(C)OB(c2cc(F)c3nc(C4CCN(C(=O)O)CC4)sc3c2)OC1(C)C. The zero-order valence-electron chi connectivity index (χ0n) is 16.5. The maximum Gasteiger partial charge on any atom is 0.494 e. The lowest BCUT2D eigenvalue weighted by Gasteiger charge is -2.32. The normalized spacial score (nSPS) is 22.2. The van der Waals surface area contributed by atoms with E-state index >= 15 is 0 Å². The van der Waals surface area contributed by atoms with Crippen molar-refractivity contribution in [3.63, 3.8) is 0 Å². The highest BCUT2D eigenvalue weighted by atomic mass is 32.1. The third-order valence-electron chi connectivity index (χ3n) is 6.13. The summed E-state index contributed by atoms with van der Waals surface area (Å²) in [5.41, 5.74) is 0.0423. The van der Waals surface area contributed by atoms with Gasteiger partial charge in [-0.2, -0.15) is 0 Å². The number of rotatable bonds is 2. The number of thiazole rings is 1. The van der Waals surface area contributed by atoms with E-state index < -0.39 is 24.4 Å². The number of aromatic nitrogens is 1. The van der Waals surface area contributed by atoms with Crippen LogP contribution in [0, 0.1) is 5.82 Å². The van der Waals surface area contributed by atoms with Gasteiger partial charge in [-0.15, -0.1) is 11.3 Å². The molecule has 9 heteroatoms. The average molecular weight is 406 g/mol. The molecular formula is C19H24BFN2O4S. The molecule has 0 bridgehead atoms. The van der Waals surface area contributed by atoms with Crippen molar-refractivity contribution in [2.75, 3.05) is 13.1 Å². The van der Waals surface area contributed by atoms with E-state index in [9.17, 15) is 9.18 Å². The molecule has 6 nitrogen and oxygen atoms in total. The molecule has 2 saturated heterocycles. The summed E-state index contributed by atoms with van der Waals surface area (Å²) in [5, 5.41) is 9.96. The summed E-state index contributed by atoms with van der Waals surface area (Å²) in [6.45, 7) is 8.84.